The first-order chi connectivity index (χ1) is 8.89. The van der Waals surface area contributed by atoms with Gasteiger partial charge in [0.2, 0.25) is 0 Å². The Morgan fingerprint density at radius 2 is 2.26 bits per heavy atom. The van der Waals surface area contributed by atoms with E-state index in [4.69, 9.17) is 9.47 Å². The summed E-state index contributed by atoms with van der Waals surface area (Å²) in [5.74, 6) is -1.31. The lowest BCUT2D eigenvalue weighted by Crippen LogP contribution is -2.57. The van der Waals surface area contributed by atoms with Gasteiger partial charge in [-0.15, -0.1) is 6.58 Å². The normalized spacial score (nSPS) is 42.3. The average Bonchev–Trinajstić information content (AvgIpc) is 2.30. The second-order valence-corrected chi connectivity index (χ2v) is 6.04. The van der Waals surface area contributed by atoms with E-state index in [1.165, 1.54) is 6.92 Å². The van der Waals surface area contributed by atoms with Gasteiger partial charge in [-0.1, -0.05) is 6.08 Å². The van der Waals surface area contributed by atoms with Crippen molar-refractivity contribution in [2.45, 2.75) is 70.4 Å². The van der Waals surface area contributed by atoms with Crippen molar-refractivity contribution in [1.82, 2.24) is 0 Å². The highest BCUT2D eigenvalue weighted by Gasteiger charge is 2.54. The van der Waals surface area contributed by atoms with Crippen molar-refractivity contribution < 1.29 is 19.4 Å². The third-order valence-electron chi connectivity index (χ3n) is 4.50. The van der Waals surface area contributed by atoms with Crippen molar-refractivity contribution in [3.8, 4) is 0 Å². The molecule has 2 fully saturated rings. The predicted octanol–water partition coefficient (Wildman–Crippen LogP) is 2.55. The molecule has 0 bridgehead atoms. The van der Waals surface area contributed by atoms with Crippen LogP contribution in [0, 0.1) is 5.41 Å². The molecule has 4 nitrogen and oxygen atoms in total. The van der Waals surface area contributed by atoms with Crippen LogP contribution in [0.4, 0.5) is 0 Å². The Labute approximate surface area is 114 Å². The van der Waals surface area contributed by atoms with Crippen LogP contribution in [0.2, 0.25) is 0 Å². The molecule has 1 heterocycles. The molecule has 2 rings (SSSR count). The van der Waals surface area contributed by atoms with E-state index in [1.807, 2.05) is 6.08 Å². The number of hydrogen-bond donors (Lipinski definition) is 1. The topological polar surface area (TPSA) is 55.8 Å². The standard InChI is InChI=1S/C15H24O4/c1-4-8-15-10-9-14(3,17)19-13(15)7-5-6-12(15)18-11(2)16/h4,12-13,17H,1,5-10H2,2-3H3/t12-,13-,14?,15+/m0/s1. The lowest BCUT2D eigenvalue weighted by molar-refractivity contribution is -0.299. The van der Waals surface area contributed by atoms with Gasteiger partial charge in [0, 0.05) is 18.8 Å². The van der Waals surface area contributed by atoms with Crippen molar-refractivity contribution >= 4 is 5.97 Å². The van der Waals surface area contributed by atoms with Crippen molar-refractivity contribution in [1.29, 1.82) is 0 Å². The van der Waals surface area contributed by atoms with E-state index in [1.54, 1.807) is 6.92 Å². The van der Waals surface area contributed by atoms with Gasteiger partial charge in [0.1, 0.15) is 6.10 Å². The minimum Gasteiger partial charge on any atom is -0.462 e. The summed E-state index contributed by atoms with van der Waals surface area (Å²) in [6.07, 6.45) is 6.53. The molecule has 1 N–H and O–H groups in total. The summed E-state index contributed by atoms with van der Waals surface area (Å²) < 4.78 is 11.4. The molecule has 1 aliphatic carbocycles. The minimum atomic E-state index is -1.06. The van der Waals surface area contributed by atoms with Gasteiger partial charge in [0.05, 0.1) is 6.10 Å². The maximum absolute atomic E-state index is 11.3. The predicted molar refractivity (Wildman–Crippen MR) is 71.4 cm³/mol. The van der Waals surface area contributed by atoms with Gasteiger partial charge in [0.25, 0.3) is 0 Å². The van der Waals surface area contributed by atoms with Crippen LogP contribution in [0.25, 0.3) is 0 Å². The van der Waals surface area contributed by atoms with Gasteiger partial charge >= 0.3 is 5.97 Å². The van der Waals surface area contributed by atoms with E-state index in [-0.39, 0.29) is 23.6 Å². The van der Waals surface area contributed by atoms with E-state index >= 15 is 0 Å². The third-order valence-corrected chi connectivity index (χ3v) is 4.50. The van der Waals surface area contributed by atoms with Gasteiger partial charge in [-0.2, -0.15) is 0 Å². The summed E-state index contributed by atoms with van der Waals surface area (Å²) in [4.78, 5) is 11.3. The monoisotopic (exact) mass is 268 g/mol. The van der Waals surface area contributed by atoms with Crippen LogP contribution in [0.5, 0.6) is 0 Å². The van der Waals surface area contributed by atoms with Gasteiger partial charge in [-0.3, -0.25) is 4.79 Å². The van der Waals surface area contributed by atoms with Crippen LogP contribution in [-0.4, -0.2) is 29.1 Å². The van der Waals surface area contributed by atoms with Gasteiger partial charge in [-0.25, -0.2) is 0 Å². The number of ether oxygens (including phenoxy) is 2. The molecule has 0 amide bonds. The van der Waals surface area contributed by atoms with E-state index in [0.717, 1.165) is 32.1 Å². The molecule has 4 heteroatoms. The Hall–Kier alpha value is -0.870. The van der Waals surface area contributed by atoms with Crippen LogP contribution < -0.4 is 0 Å². The molecule has 1 saturated carbocycles. The number of hydrogen-bond acceptors (Lipinski definition) is 4. The lowest BCUT2D eigenvalue weighted by atomic mass is 9.63. The van der Waals surface area contributed by atoms with E-state index < -0.39 is 5.79 Å². The summed E-state index contributed by atoms with van der Waals surface area (Å²) in [6, 6.07) is 0. The van der Waals surface area contributed by atoms with E-state index in [9.17, 15) is 9.90 Å². The Morgan fingerprint density at radius 3 is 2.89 bits per heavy atom. The molecule has 108 valence electrons. The van der Waals surface area contributed by atoms with Crippen molar-refractivity contribution in [3.63, 3.8) is 0 Å². The highest BCUT2D eigenvalue weighted by molar-refractivity contribution is 5.66. The molecule has 0 aromatic heterocycles. The van der Waals surface area contributed by atoms with E-state index in [2.05, 4.69) is 6.58 Å². The summed E-state index contributed by atoms with van der Waals surface area (Å²) in [5.41, 5.74) is -0.214. The average molecular weight is 268 g/mol. The second kappa shape index (κ2) is 5.25. The fourth-order valence-corrected chi connectivity index (χ4v) is 3.61. The number of esters is 1. The van der Waals surface area contributed by atoms with Crippen LogP contribution in [-0.2, 0) is 14.3 Å². The number of aliphatic hydroxyl groups is 1. The first kappa shape index (κ1) is 14.5. The van der Waals surface area contributed by atoms with Gasteiger partial charge in [0.15, 0.2) is 5.79 Å². The van der Waals surface area contributed by atoms with Crippen LogP contribution in [0.1, 0.15) is 52.4 Å². The van der Waals surface area contributed by atoms with Crippen LogP contribution in [0.3, 0.4) is 0 Å². The zero-order chi connectivity index (χ0) is 14.1. The fraction of sp³-hybridized carbons (Fsp3) is 0.800. The fourth-order valence-electron chi connectivity index (χ4n) is 3.61. The van der Waals surface area contributed by atoms with Crippen LogP contribution in [0.15, 0.2) is 12.7 Å². The zero-order valence-corrected chi connectivity index (χ0v) is 11.9. The SMILES string of the molecule is C=CC[C@]12CCC(C)(O)O[C@H]1CCC[C@@H]2OC(C)=O. The maximum atomic E-state index is 11.3. The molecule has 0 radical (unpaired) electrons. The number of fused-ring (bicyclic) bond motifs is 1. The first-order valence-electron chi connectivity index (χ1n) is 7.08. The third kappa shape index (κ3) is 2.84. The van der Waals surface area contributed by atoms with Gasteiger partial charge in [-0.05, 0) is 39.0 Å². The Balaban J connectivity index is 2.26. The molecule has 1 aliphatic heterocycles. The molecule has 0 spiro atoms. The first-order valence-corrected chi connectivity index (χ1v) is 7.08. The molecule has 2 aliphatic rings. The number of carbonyl (C=O) groups excluding carboxylic acids is 1. The van der Waals surface area contributed by atoms with Crippen molar-refractivity contribution in [2.24, 2.45) is 5.41 Å². The molecule has 0 aromatic carbocycles. The van der Waals surface area contributed by atoms with Gasteiger partial charge < -0.3 is 14.6 Å². The highest BCUT2D eigenvalue weighted by atomic mass is 16.6. The summed E-state index contributed by atoms with van der Waals surface area (Å²) in [6.45, 7) is 6.99. The Bertz CT molecular complexity index is 363. The second-order valence-electron chi connectivity index (χ2n) is 6.04. The van der Waals surface area contributed by atoms with E-state index in [0.29, 0.717) is 6.42 Å². The Morgan fingerprint density at radius 1 is 1.53 bits per heavy atom. The Kier molecular flexibility index (Phi) is 4.02. The molecular formula is C15H24O4. The number of carbonyl (C=O) groups is 1. The molecule has 1 unspecified atom stereocenters. The van der Waals surface area contributed by atoms with Crippen molar-refractivity contribution in [2.75, 3.05) is 0 Å². The minimum absolute atomic E-state index is 0.0626. The summed E-state index contributed by atoms with van der Waals surface area (Å²) in [5, 5.41) is 10.1. The quantitative estimate of drug-likeness (QED) is 0.631. The molecule has 1 saturated heterocycles. The molecule has 0 aromatic rings. The maximum Gasteiger partial charge on any atom is 0.302 e. The largest absolute Gasteiger partial charge is 0.462 e. The zero-order valence-electron chi connectivity index (χ0n) is 11.9. The molecule has 19 heavy (non-hydrogen) atoms. The highest BCUT2D eigenvalue weighted by Crippen LogP contribution is 2.51. The molecule has 4 atom stereocenters. The lowest BCUT2D eigenvalue weighted by Gasteiger charge is -2.54. The number of rotatable bonds is 3. The molecular weight excluding hydrogens is 244 g/mol. The summed E-state index contributed by atoms with van der Waals surface area (Å²) >= 11 is 0. The smallest absolute Gasteiger partial charge is 0.302 e. The number of allylic oxidation sites excluding steroid dienone is 1. The van der Waals surface area contributed by atoms with Crippen molar-refractivity contribution in [3.05, 3.63) is 12.7 Å². The summed E-state index contributed by atoms with van der Waals surface area (Å²) in [7, 11) is 0. The van der Waals surface area contributed by atoms with Crippen LogP contribution >= 0.6 is 0 Å².